The van der Waals surface area contributed by atoms with Crippen molar-refractivity contribution in [3.8, 4) is 0 Å². The van der Waals surface area contributed by atoms with Gasteiger partial charge in [-0.3, -0.25) is 5.43 Å². The first kappa shape index (κ1) is 23.8. The molecule has 16 heteroatoms. The maximum absolute atomic E-state index is 12.7. The lowest BCUT2D eigenvalue weighted by Gasteiger charge is -2.38. The minimum absolute atomic E-state index is 0.268. The molecule has 0 saturated carbocycles. The molecule has 6 nitrogen and oxygen atoms in total. The number of hydrogen-bond acceptors (Lipinski definition) is 3. The van der Waals surface area contributed by atoms with Crippen LogP contribution in [0.4, 0.5) is 44.3 Å². The fraction of sp³-hybridized carbons (Fsp3) is 0.417. The van der Waals surface area contributed by atoms with Crippen molar-refractivity contribution >= 4 is 16.1 Å². The van der Waals surface area contributed by atoms with Crippen molar-refractivity contribution in [3.63, 3.8) is 0 Å². The number of sulfonamides is 1. The van der Waals surface area contributed by atoms with Gasteiger partial charge < -0.3 is 5.32 Å². The Kier molecular flexibility index (Phi) is 6.21. The molecule has 0 aliphatic rings. The Labute approximate surface area is 151 Å². The third-order valence-electron chi connectivity index (χ3n) is 3.21. The largest absolute Gasteiger partial charge is 0.429 e. The van der Waals surface area contributed by atoms with Crippen LogP contribution >= 0.6 is 0 Å². The van der Waals surface area contributed by atoms with E-state index < -0.39 is 45.0 Å². The molecule has 0 radical (unpaired) electrons. The van der Waals surface area contributed by atoms with Crippen LogP contribution in [0.3, 0.4) is 0 Å². The van der Waals surface area contributed by atoms with E-state index in [1.54, 1.807) is 6.92 Å². The number of amides is 2. The standard InChI is InChI=1S/C12H10F9N3O3S/c1-6-2-4-7(5-3-6)28(26,27)24-23-8(25)22-9(10(13,14)15,11(16,17)18)12(19,20)21/h2-5,24H,1H3,(H2,22,23,25). The van der Waals surface area contributed by atoms with Crippen LogP contribution in [0, 0.1) is 6.92 Å². The van der Waals surface area contributed by atoms with Gasteiger partial charge in [-0.1, -0.05) is 17.7 Å². The Bertz CT molecular complexity index is 778. The monoisotopic (exact) mass is 447 g/mol. The van der Waals surface area contributed by atoms with Crippen molar-refractivity contribution in [2.45, 2.75) is 35.9 Å². The normalized spacial score (nSPS) is 13.9. The van der Waals surface area contributed by atoms with Crippen LogP contribution in [0.2, 0.25) is 0 Å². The third kappa shape index (κ3) is 4.60. The van der Waals surface area contributed by atoms with Crippen LogP contribution in [0.5, 0.6) is 0 Å². The van der Waals surface area contributed by atoms with Gasteiger partial charge in [0.15, 0.2) is 0 Å². The molecule has 0 aliphatic heterocycles. The molecule has 1 aromatic rings. The average Bonchev–Trinajstić information content (AvgIpc) is 2.47. The number of carbonyl (C=O) groups excluding carboxylic acids is 1. The van der Waals surface area contributed by atoms with E-state index in [2.05, 4.69) is 0 Å². The Morgan fingerprint density at radius 3 is 1.57 bits per heavy atom. The van der Waals surface area contributed by atoms with E-state index in [0.717, 1.165) is 22.4 Å². The van der Waals surface area contributed by atoms with Crippen LogP contribution in [0.25, 0.3) is 0 Å². The van der Waals surface area contributed by atoms with Gasteiger partial charge in [-0.05, 0) is 19.1 Å². The predicted octanol–water partition coefficient (Wildman–Crippen LogP) is 2.91. The second kappa shape index (κ2) is 7.31. The summed E-state index contributed by atoms with van der Waals surface area (Å²) in [4.78, 5) is 11.8. The van der Waals surface area contributed by atoms with Gasteiger partial charge in [-0.15, -0.1) is 4.83 Å². The average molecular weight is 447 g/mol. The van der Waals surface area contributed by atoms with Crippen molar-refractivity contribution in [2.24, 2.45) is 0 Å². The molecule has 1 rings (SSSR count). The lowest BCUT2D eigenvalue weighted by Crippen LogP contribution is -2.76. The van der Waals surface area contributed by atoms with Gasteiger partial charge in [0.1, 0.15) is 0 Å². The van der Waals surface area contributed by atoms with Crippen molar-refractivity contribution in [1.82, 2.24) is 15.6 Å². The van der Waals surface area contributed by atoms with Crippen molar-refractivity contribution in [3.05, 3.63) is 29.8 Å². The van der Waals surface area contributed by atoms with E-state index in [4.69, 9.17) is 0 Å². The minimum Gasteiger partial charge on any atom is -0.308 e. The number of halogens is 9. The van der Waals surface area contributed by atoms with Gasteiger partial charge in [-0.2, -0.15) is 39.5 Å². The number of urea groups is 1. The molecule has 0 spiro atoms. The maximum Gasteiger partial charge on any atom is 0.429 e. The van der Waals surface area contributed by atoms with Gasteiger partial charge in [-0.25, -0.2) is 13.2 Å². The molecule has 160 valence electrons. The Morgan fingerprint density at radius 1 is 0.821 bits per heavy atom. The lowest BCUT2D eigenvalue weighted by molar-refractivity contribution is -0.386. The molecule has 3 N–H and O–H groups in total. The molecule has 0 heterocycles. The van der Waals surface area contributed by atoms with E-state index in [-0.39, 0.29) is 5.32 Å². The van der Waals surface area contributed by atoms with Gasteiger partial charge >= 0.3 is 30.1 Å². The molecule has 28 heavy (non-hydrogen) atoms. The zero-order valence-corrected chi connectivity index (χ0v) is 14.2. The summed E-state index contributed by atoms with van der Waals surface area (Å²) in [6, 6.07) is 1.70. The van der Waals surface area contributed by atoms with Crippen LogP contribution < -0.4 is 15.6 Å². The number of hydrazine groups is 1. The molecule has 0 aliphatic carbocycles. The lowest BCUT2D eigenvalue weighted by atomic mass is 9.97. The summed E-state index contributed by atoms with van der Waals surface area (Å²) in [5, 5.41) is -0.268. The summed E-state index contributed by atoms with van der Waals surface area (Å²) >= 11 is 0. The highest BCUT2D eigenvalue weighted by molar-refractivity contribution is 7.89. The first-order chi connectivity index (χ1) is 12.3. The zero-order valence-electron chi connectivity index (χ0n) is 13.3. The first-order valence-corrected chi connectivity index (χ1v) is 8.20. The number of rotatable bonds is 4. The van der Waals surface area contributed by atoms with E-state index in [9.17, 15) is 52.7 Å². The molecular weight excluding hydrogens is 437 g/mol. The molecule has 0 saturated heterocycles. The molecule has 0 aromatic heterocycles. The molecule has 0 unspecified atom stereocenters. The van der Waals surface area contributed by atoms with Gasteiger partial charge in [0, 0.05) is 0 Å². The summed E-state index contributed by atoms with van der Waals surface area (Å²) in [5.41, 5.74) is -5.23. The highest BCUT2D eigenvalue weighted by atomic mass is 32.2. The zero-order chi connectivity index (χ0) is 22.2. The minimum atomic E-state index is -7.04. The van der Waals surface area contributed by atoms with Crippen LogP contribution in [-0.2, 0) is 10.0 Å². The second-order valence-electron chi connectivity index (χ2n) is 5.24. The van der Waals surface area contributed by atoms with E-state index in [0.29, 0.717) is 5.56 Å². The molecular formula is C12H10F9N3O3S. The van der Waals surface area contributed by atoms with Crippen molar-refractivity contribution in [1.29, 1.82) is 0 Å². The SMILES string of the molecule is Cc1ccc(S(=O)(=O)NNC(=O)NC(C(F)(F)F)(C(F)(F)F)C(F)(F)F)cc1. The molecule has 0 bridgehead atoms. The Balaban J connectivity index is 3.12. The number of hydrogen-bond donors (Lipinski definition) is 3. The highest BCUT2D eigenvalue weighted by Crippen LogP contribution is 2.52. The summed E-state index contributed by atoms with van der Waals surface area (Å²) < 4.78 is 138. The molecule has 2 amide bonds. The maximum atomic E-state index is 12.7. The second-order valence-corrected chi connectivity index (χ2v) is 6.92. The number of carbonyl (C=O) groups is 1. The van der Waals surface area contributed by atoms with Crippen molar-refractivity contribution in [2.75, 3.05) is 0 Å². The first-order valence-electron chi connectivity index (χ1n) is 6.72. The third-order valence-corrected chi connectivity index (χ3v) is 4.47. The fourth-order valence-corrected chi connectivity index (χ4v) is 2.63. The number of alkyl halides is 9. The van der Waals surface area contributed by atoms with E-state index in [1.807, 2.05) is 0 Å². The van der Waals surface area contributed by atoms with Crippen LogP contribution in [-0.4, -0.2) is 38.5 Å². The molecule has 0 atom stereocenters. The Morgan fingerprint density at radius 2 is 1.21 bits per heavy atom. The number of nitrogens with one attached hydrogen (secondary N) is 3. The fourth-order valence-electron chi connectivity index (χ4n) is 1.79. The summed E-state index contributed by atoms with van der Waals surface area (Å²) in [6.07, 6.45) is -21.1. The van der Waals surface area contributed by atoms with E-state index in [1.165, 1.54) is 12.1 Å². The number of benzene rings is 1. The highest BCUT2D eigenvalue weighted by Gasteiger charge is 2.84. The summed E-state index contributed by atoms with van der Waals surface area (Å²) in [7, 11) is -4.70. The number of aryl methyl sites for hydroxylation is 1. The topological polar surface area (TPSA) is 87.3 Å². The molecule has 0 fully saturated rings. The molecule has 1 aromatic carbocycles. The summed E-state index contributed by atoms with van der Waals surface area (Å²) in [6.45, 7) is 1.56. The summed E-state index contributed by atoms with van der Waals surface area (Å²) in [5.74, 6) is 0. The van der Waals surface area contributed by atoms with Gasteiger partial charge in [0.2, 0.25) is 0 Å². The van der Waals surface area contributed by atoms with Gasteiger partial charge in [0.25, 0.3) is 10.0 Å². The quantitative estimate of drug-likeness (QED) is 0.490. The predicted molar refractivity (Wildman–Crippen MR) is 74.1 cm³/mol. The van der Waals surface area contributed by atoms with Crippen molar-refractivity contribution < 1.29 is 52.7 Å². The smallest absolute Gasteiger partial charge is 0.308 e. The van der Waals surface area contributed by atoms with Crippen LogP contribution in [0.15, 0.2) is 29.2 Å². The van der Waals surface area contributed by atoms with Crippen LogP contribution in [0.1, 0.15) is 5.56 Å². The Hall–Kier alpha value is -2.23. The van der Waals surface area contributed by atoms with E-state index >= 15 is 0 Å². The van der Waals surface area contributed by atoms with Gasteiger partial charge in [0.05, 0.1) is 4.90 Å².